The predicted octanol–water partition coefficient (Wildman–Crippen LogP) is 2.43. The number of hydrogen-bond acceptors (Lipinski definition) is 2. The lowest BCUT2D eigenvalue weighted by atomic mass is 9.81. The van der Waals surface area contributed by atoms with Crippen LogP contribution in [0.2, 0.25) is 0 Å². The van der Waals surface area contributed by atoms with Crippen LogP contribution in [0.1, 0.15) is 45.4 Å². The molecule has 0 spiro atoms. The monoisotopic (exact) mass is 235 g/mol. The summed E-state index contributed by atoms with van der Waals surface area (Å²) in [7, 11) is 0. The molecule has 0 aliphatic heterocycles. The molecule has 0 unspecified atom stereocenters. The van der Waals surface area contributed by atoms with Crippen molar-refractivity contribution in [2.45, 2.75) is 45.4 Å². The Balaban J connectivity index is 0.00000196. The summed E-state index contributed by atoms with van der Waals surface area (Å²) in [5.74, 6) is 0.00972. The molecule has 1 fully saturated rings. The molecule has 3 nitrogen and oxygen atoms in total. The van der Waals surface area contributed by atoms with Gasteiger partial charge in [-0.25, -0.2) is 0 Å². The topological polar surface area (TPSA) is 63.3 Å². The number of aliphatic carboxylic acids is 1. The van der Waals surface area contributed by atoms with Crippen LogP contribution in [0.3, 0.4) is 0 Å². The molecule has 3 N–H and O–H groups in total. The summed E-state index contributed by atoms with van der Waals surface area (Å²) in [6.45, 7) is 2.71. The van der Waals surface area contributed by atoms with E-state index in [1.807, 2.05) is 0 Å². The van der Waals surface area contributed by atoms with E-state index in [0.29, 0.717) is 12.5 Å². The van der Waals surface area contributed by atoms with Crippen LogP contribution < -0.4 is 5.73 Å². The molecule has 0 aromatic carbocycles. The summed E-state index contributed by atoms with van der Waals surface area (Å²) in [6.07, 6.45) is 5.85. The van der Waals surface area contributed by atoms with Gasteiger partial charge in [-0.3, -0.25) is 4.79 Å². The number of rotatable bonds is 5. The van der Waals surface area contributed by atoms with E-state index < -0.39 is 5.97 Å². The molecular formula is C11H22ClNO2. The van der Waals surface area contributed by atoms with Crippen molar-refractivity contribution in [3.63, 3.8) is 0 Å². The highest BCUT2D eigenvalue weighted by Crippen LogP contribution is 2.45. The highest BCUT2D eigenvalue weighted by molar-refractivity contribution is 5.85. The van der Waals surface area contributed by atoms with Crippen molar-refractivity contribution in [3.05, 3.63) is 0 Å². The quantitative estimate of drug-likeness (QED) is 0.769. The number of carboxylic acids is 1. The van der Waals surface area contributed by atoms with Crippen LogP contribution in [0, 0.1) is 11.3 Å². The van der Waals surface area contributed by atoms with Crippen LogP contribution in [-0.4, -0.2) is 17.6 Å². The van der Waals surface area contributed by atoms with Gasteiger partial charge in [-0.05, 0) is 37.1 Å². The van der Waals surface area contributed by atoms with Gasteiger partial charge < -0.3 is 10.8 Å². The maximum Gasteiger partial charge on any atom is 0.303 e. The third-order valence-electron chi connectivity index (χ3n) is 3.46. The molecule has 0 saturated heterocycles. The Morgan fingerprint density at radius 2 is 2.27 bits per heavy atom. The zero-order valence-corrected chi connectivity index (χ0v) is 10.2. The van der Waals surface area contributed by atoms with Gasteiger partial charge in [0.15, 0.2) is 0 Å². The van der Waals surface area contributed by atoms with Crippen LogP contribution in [0.5, 0.6) is 0 Å². The summed E-state index contributed by atoms with van der Waals surface area (Å²) >= 11 is 0. The van der Waals surface area contributed by atoms with Crippen LogP contribution in [0.25, 0.3) is 0 Å². The molecule has 1 saturated carbocycles. The van der Waals surface area contributed by atoms with Crippen molar-refractivity contribution in [1.82, 2.24) is 0 Å². The van der Waals surface area contributed by atoms with Gasteiger partial charge in [0.25, 0.3) is 0 Å². The fourth-order valence-corrected chi connectivity index (χ4v) is 2.72. The predicted molar refractivity (Wildman–Crippen MR) is 63.2 cm³/mol. The van der Waals surface area contributed by atoms with Gasteiger partial charge in [0.05, 0.1) is 6.42 Å². The van der Waals surface area contributed by atoms with Gasteiger partial charge in [0.1, 0.15) is 0 Å². The molecule has 1 aliphatic rings. The zero-order chi connectivity index (χ0) is 10.6. The minimum absolute atomic E-state index is 0. The van der Waals surface area contributed by atoms with Gasteiger partial charge in [0, 0.05) is 0 Å². The van der Waals surface area contributed by atoms with E-state index in [4.69, 9.17) is 10.8 Å². The maximum absolute atomic E-state index is 10.7. The number of halogens is 1. The molecule has 1 aliphatic carbocycles. The van der Waals surface area contributed by atoms with Gasteiger partial charge >= 0.3 is 5.97 Å². The van der Waals surface area contributed by atoms with Crippen molar-refractivity contribution in [3.8, 4) is 0 Å². The molecule has 0 aromatic heterocycles. The van der Waals surface area contributed by atoms with Crippen LogP contribution in [0.4, 0.5) is 0 Å². The second-order valence-corrected chi connectivity index (χ2v) is 4.67. The molecular weight excluding hydrogens is 214 g/mol. The molecule has 0 amide bonds. The Morgan fingerprint density at radius 3 is 2.73 bits per heavy atom. The van der Waals surface area contributed by atoms with Gasteiger partial charge in [-0.2, -0.15) is 0 Å². The summed E-state index contributed by atoms with van der Waals surface area (Å²) in [5, 5.41) is 8.83. The van der Waals surface area contributed by atoms with E-state index in [9.17, 15) is 4.79 Å². The maximum atomic E-state index is 10.7. The molecule has 4 heteroatoms. The SMILES string of the molecule is CCC[C@@H]1CC[C@@](CN)(CC(=O)O)C1.Cl. The highest BCUT2D eigenvalue weighted by Gasteiger charge is 2.39. The molecule has 0 bridgehead atoms. The molecule has 1 rings (SSSR count). The van der Waals surface area contributed by atoms with Crippen molar-refractivity contribution in [2.75, 3.05) is 6.54 Å². The number of carbonyl (C=O) groups is 1. The van der Waals surface area contributed by atoms with Crippen LogP contribution >= 0.6 is 12.4 Å². The molecule has 15 heavy (non-hydrogen) atoms. The molecule has 0 heterocycles. The van der Waals surface area contributed by atoms with Gasteiger partial charge in [0.2, 0.25) is 0 Å². The Bertz CT molecular complexity index is 211. The Labute approximate surface area is 97.8 Å². The fourth-order valence-electron chi connectivity index (χ4n) is 2.72. The second kappa shape index (κ2) is 6.33. The van der Waals surface area contributed by atoms with Crippen molar-refractivity contribution in [1.29, 1.82) is 0 Å². The third kappa shape index (κ3) is 3.99. The number of nitrogens with two attached hydrogens (primary N) is 1. The summed E-state index contributed by atoms with van der Waals surface area (Å²) < 4.78 is 0. The largest absolute Gasteiger partial charge is 0.481 e. The standard InChI is InChI=1S/C11H21NO2.ClH/c1-2-3-9-4-5-11(6-9,8-12)7-10(13)14;/h9H,2-8,12H2,1H3,(H,13,14);1H/t9-,11+;/m1./s1. The first-order chi connectivity index (χ1) is 6.62. The molecule has 2 atom stereocenters. The van der Waals surface area contributed by atoms with Crippen LogP contribution in [-0.2, 0) is 4.79 Å². The summed E-state index contributed by atoms with van der Waals surface area (Å²) in [4.78, 5) is 10.7. The lowest BCUT2D eigenvalue weighted by molar-refractivity contribution is -0.139. The van der Waals surface area contributed by atoms with Gasteiger partial charge in [-0.15, -0.1) is 12.4 Å². The van der Waals surface area contributed by atoms with E-state index in [1.54, 1.807) is 0 Å². The van der Waals surface area contributed by atoms with E-state index in [0.717, 1.165) is 12.8 Å². The van der Waals surface area contributed by atoms with E-state index in [2.05, 4.69) is 6.92 Å². The second-order valence-electron chi connectivity index (χ2n) is 4.67. The van der Waals surface area contributed by atoms with Crippen molar-refractivity contribution in [2.24, 2.45) is 17.1 Å². The fraction of sp³-hybridized carbons (Fsp3) is 0.909. The Hall–Kier alpha value is -0.280. The normalized spacial score (nSPS) is 29.9. The smallest absolute Gasteiger partial charge is 0.303 e. The van der Waals surface area contributed by atoms with Crippen LogP contribution in [0.15, 0.2) is 0 Å². The number of hydrogen-bond donors (Lipinski definition) is 2. The summed E-state index contributed by atoms with van der Waals surface area (Å²) in [5.41, 5.74) is 5.62. The first-order valence-corrected chi connectivity index (χ1v) is 5.54. The summed E-state index contributed by atoms with van der Waals surface area (Å²) in [6, 6.07) is 0. The third-order valence-corrected chi connectivity index (χ3v) is 3.46. The van der Waals surface area contributed by atoms with Crippen molar-refractivity contribution >= 4 is 18.4 Å². The molecule has 0 radical (unpaired) electrons. The molecule has 0 aromatic rings. The minimum Gasteiger partial charge on any atom is -0.481 e. The Morgan fingerprint density at radius 1 is 1.60 bits per heavy atom. The average Bonchev–Trinajstić information content (AvgIpc) is 2.49. The lowest BCUT2D eigenvalue weighted by Gasteiger charge is -2.25. The average molecular weight is 236 g/mol. The molecule has 90 valence electrons. The van der Waals surface area contributed by atoms with E-state index >= 15 is 0 Å². The zero-order valence-electron chi connectivity index (χ0n) is 9.37. The first kappa shape index (κ1) is 14.7. The van der Waals surface area contributed by atoms with Crippen molar-refractivity contribution < 1.29 is 9.90 Å². The van der Waals surface area contributed by atoms with E-state index in [1.165, 1.54) is 19.3 Å². The Kier molecular flexibility index (Phi) is 6.22. The first-order valence-electron chi connectivity index (χ1n) is 5.54. The lowest BCUT2D eigenvalue weighted by Crippen LogP contribution is -2.30. The number of carboxylic acid groups (broad SMARTS) is 1. The van der Waals surface area contributed by atoms with E-state index in [-0.39, 0.29) is 24.2 Å². The van der Waals surface area contributed by atoms with Gasteiger partial charge in [-0.1, -0.05) is 19.8 Å². The minimum atomic E-state index is -0.701. The highest BCUT2D eigenvalue weighted by atomic mass is 35.5.